The Morgan fingerprint density at radius 3 is 2.34 bits per heavy atom. The molecule has 3 nitrogen and oxygen atoms in total. The van der Waals surface area contributed by atoms with Crippen molar-refractivity contribution in [3.05, 3.63) is 35.9 Å². The molecule has 3 atom stereocenters. The fraction of sp³-hybridized carbons (Fsp3) is 0.750. The van der Waals surface area contributed by atoms with Crippen LogP contribution < -0.4 is 5.73 Å². The molecule has 0 radical (unpaired) electrons. The lowest BCUT2D eigenvalue weighted by atomic mass is 9.35. The van der Waals surface area contributed by atoms with Gasteiger partial charge in [-0.1, -0.05) is 51.1 Å². The Kier molecular flexibility index (Phi) is 5.49. The van der Waals surface area contributed by atoms with Gasteiger partial charge in [0, 0.05) is 25.0 Å². The van der Waals surface area contributed by atoms with E-state index in [1.807, 2.05) is 0 Å². The standard InChI is InChI=1S/C28H41ClN2O/c1-4-28(11-12-29)21-14-26(20-8-6-5-7-9-20)15-22(28)17-27(16-21,18-26)24(32)31-13-10-23(30)25(2,3)19-31/h5-9,21-23H,4,10-19,30H2,1-3H3/t21?,22?,23-,26?,27?,28?/m0/s1. The van der Waals surface area contributed by atoms with Gasteiger partial charge in [-0.3, -0.25) is 4.79 Å². The number of halogens is 1. The molecule has 4 bridgehead atoms. The first-order valence-electron chi connectivity index (χ1n) is 12.9. The van der Waals surface area contributed by atoms with Crippen molar-refractivity contribution in [3.8, 4) is 0 Å². The van der Waals surface area contributed by atoms with E-state index in [9.17, 15) is 4.79 Å². The molecule has 1 aliphatic heterocycles. The normalized spacial score (nSPS) is 42.3. The number of alkyl halides is 1. The minimum Gasteiger partial charge on any atom is -0.342 e. The molecule has 0 aromatic heterocycles. The van der Waals surface area contributed by atoms with Crippen LogP contribution in [0.15, 0.2) is 30.3 Å². The summed E-state index contributed by atoms with van der Waals surface area (Å²) in [6, 6.07) is 11.3. The molecular formula is C28H41ClN2O. The van der Waals surface area contributed by atoms with Crippen LogP contribution >= 0.6 is 11.6 Å². The molecule has 5 aliphatic rings. The fourth-order valence-corrected chi connectivity index (χ4v) is 9.23. The number of piperidine rings is 1. The molecule has 4 saturated carbocycles. The maximum Gasteiger partial charge on any atom is 0.228 e. The van der Waals surface area contributed by atoms with Crippen molar-refractivity contribution in [2.24, 2.45) is 33.8 Å². The number of hydrogen-bond acceptors (Lipinski definition) is 2. The second-order valence-corrected chi connectivity index (χ2v) is 12.8. The Hall–Kier alpha value is -1.06. The van der Waals surface area contributed by atoms with E-state index < -0.39 is 0 Å². The first-order valence-corrected chi connectivity index (χ1v) is 13.4. The molecule has 4 heteroatoms. The van der Waals surface area contributed by atoms with Crippen molar-refractivity contribution in [1.82, 2.24) is 4.90 Å². The van der Waals surface area contributed by atoms with Gasteiger partial charge in [0.2, 0.25) is 5.91 Å². The Balaban J connectivity index is 1.53. The molecule has 32 heavy (non-hydrogen) atoms. The first-order chi connectivity index (χ1) is 15.2. The van der Waals surface area contributed by atoms with E-state index >= 15 is 0 Å². The first kappa shape index (κ1) is 22.7. The third kappa shape index (κ3) is 3.21. The zero-order valence-corrected chi connectivity index (χ0v) is 21.0. The van der Waals surface area contributed by atoms with Crippen LogP contribution in [0.4, 0.5) is 0 Å². The number of likely N-dealkylation sites (tertiary alicyclic amines) is 1. The molecule has 4 aliphatic carbocycles. The summed E-state index contributed by atoms with van der Waals surface area (Å²) in [6.45, 7) is 8.44. The lowest BCUT2D eigenvalue weighted by Crippen LogP contribution is -2.67. The average molecular weight is 457 g/mol. The molecule has 1 aromatic rings. The number of carbonyl (C=O) groups excluding carboxylic acids is 1. The summed E-state index contributed by atoms with van der Waals surface area (Å²) < 4.78 is 0. The summed E-state index contributed by atoms with van der Waals surface area (Å²) >= 11 is 6.39. The molecule has 176 valence electrons. The van der Waals surface area contributed by atoms with E-state index in [4.69, 9.17) is 17.3 Å². The molecule has 2 unspecified atom stereocenters. The molecule has 0 spiro atoms. The predicted molar refractivity (Wildman–Crippen MR) is 132 cm³/mol. The van der Waals surface area contributed by atoms with Crippen LogP contribution in [0.2, 0.25) is 0 Å². The van der Waals surface area contributed by atoms with Crippen LogP contribution in [-0.2, 0) is 10.2 Å². The highest BCUT2D eigenvalue weighted by Crippen LogP contribution is 2.73. The number of benzene rings is 1. The van der Waals surface area contributed by atoms with Crippen molar-refractivity contribution in [1.29, 1.82) is 0 Å². The third-order valence-electron chi connectivity index (χ3n) is 10.5. The molecule has 1 aromatic carbocycles. The van der Waals surface area contributed by atoms with E-state index in [2.05, 4.69) is 56.0 Å². The van der Waals surface area contributed by atoms with Crippen LogP contribution in [-0.4, -0.2) is 35.8 Å². The van der Waals surface area contributed by atoms with Crippen LogP contribution in [0.1, 0.15) is 77.7 Å². The summed E-state index contributed by atoms with van der Waals surface area (Å²) in [5.41, 5.74) is 8.12. The van der Waals surface area contributed by atoms with Crippen molar-refractivity contribution >= 4 is 17.5 Å². The molecule has 1 heterocycles. The highest BCUT2D eigenvalue weighted by atomic mass is 35.5. The molecular weight excluding hydrogens is 416 g/mol. The summed E-state index contributed by atoms with van der Waals surface area (Å²) in [5, 5.41) is 0. The second kappa shape index (κ2) is 7.73. The van der Waals surface area contributed by atoms with Crippen molar-refractivity contribution in [3.63, 3.8) is 0 Å². The maximum absolute atomic E-state index is 14.3. The number of nitrogens with zero attached hydrogens (tertiary/aromatic N) is 1. The molecule has 5 fully saturated rings. The van der Waals surface area contributed by atoms with Crippen LogP contribution in [0.25, 0.3) is 0 Å². The van der Waals surface area contributed by atoms with Gasteiger partial charge in [-0.25, -0.2) is 0 Å². The Labute approximate surface area is 199 Å². The monoisotopic (exact) mass is 456 g/mol. The average Bonchev–Trinajstić information content (AvgIpc) is 2.78. The van der Waals surface area contributed by atoms with E-state index in [0.29, 0.717) is 23.2 Å². The van der Waals surface area contributed by atoms with Crippen LogP contribution in [0.5, 0.6) is 0 Å². The minimum absolute atomic E-state index is 0.0148. The molecule has 1 amide bonds. The van der Waals surface area contributed by atoms with Gasteiger partial charge >= 0.3 is 0 Å². The third-order valence-corrected chi connectivity index (χ3v) is 10.7. The van der Waals surface area contributed by atoms with Gasteiger partial charge in [0.25, 0.3) is 0 Å². The van der Waals surface area contributed by atoms with Gasteiger partial charge in [0.15, 0.2) is 0 Å². The van der Waals surface area contributed by atoms with Gasteiger partial charge in [-0.15, -0.1) is 11.6 Å². The highest BCUT2D eigenvalue weighted by Gasteiger charge is 2.68. The SMILES string of the molecule is CCC1(CCCl)C2CC3(C(=O)N4CC[C@H](N)C(C)(C)C4)CC1CC(c1ccccc1)(C2)C3. The van der Waals surface area contributed by atoms with Gasteiger partial charge in [-0.2, -0.15) is 0 Å². The zero-order valence-electron chi connectivity index (χ0n) is 20.2. The number of nitrogens with two attached hydrogens (primary N) is 1. The van der Waals surface area contributed by atoms with Crippen LogP contribution in [0, 0.1) is 28.1 Å². The van der Waals surface area contributed by atoms with E-state index in [1.165, 1.54) is 24.8 Å². The van der Waals surface area contributed by atoms with Crippen LogP contribution in [0.3, 0.4) is 0 Å². The second-order valence-electron chi connectivity index (χ2n) is 12.4. The number of rotatable bonds is 5. The number of carbonyl (C=O) groups is 1. The largest absolute Gasteiger partial charge is 0.342 e. The fourth-order valence-electron chi connectivity index (χ4n) is 8.88. The van der Waals surface area contributed by atoms with E-state index in [0.717, 1.165) is 51.1 Å². The number of amides is 1. The zero-order chi connectivity index (χ0) is 22.8. The lowest BCUT2D eigenvalue weighted by molar-refractivity contribution is -0.190. The topological polar surface area (TPSA) is 46.3 Å². The summed E-state index contributed by atoms with van der Waals surface area (Å²) in [7, 11) is 0. The van der Waals surface area contributed by atoms with Crippen molar-refractivity contribution in [2.45, 2.75) is 83.6 Å². The summed E-state index contributed by atoms with van der Waals surface area (Å²) in [6.07, 6.45) is 8.80. The summed E-state index contributed by atoms with van der Waals surface area (Å²) in [5.74, 6) is 2.36. The summed E-state index contributed by atoms with van der Waals surface area (Å²) in [4.78, 5) is 16.5. The quantitative estimate of drug-likeness (QED) is 0.573. The van der Waals surface area contributed by atoms with Gasteiger partial charge in [-0.05, 0) is 85.0 Å². The highest BCUT2D eigenvalue weighted by molar-refractivity contribution is 6.17. The van der Waals surface area contributed by atoms with E-state index in [-0.39, 0.29) is 22.3 Å². The molecule has 2 N–H and O–H groups in total. The van der Waals surface area contributed by atoms with Gasteiger partial charge in [0.1, 0.15) is 0 Å². The smallest absolute Gasteiger partial charge is 0.228 e. The minimum atomic E-state index is -0.204. The Morgan fingerprint density at radius 1 is 1.12 bits per heavy atom. The molecule has 1 saturated heterocycles. The number of hydrogen-bond donors (Lipinski definition) is 1. The van der Waals surface area contributed by atoms with Crippen molar-refractivity contribution < 1.29 is 4.79 Å². The van der Waals surface area contributed by atoms with E-state index in [1.54, 1.807) is 0 Å². The lowest BCUT2D eigenvalue weighted by Gasteiger charge is -2.69. The predicted octanol–water partition coefficient (Wildman–Crippen LogP) is 5.75. The molecule has 6 rings (SSSR count). The Bertz CT molecular complexity index is 849. The Morgan fingerprint density at radius 2 is 1.78 bits per heavy atom. The van der Waals surface area contributed by atoms with Gasteiger partial charge < -0.3 is 10.6 Å². The maximum atomic E-state index is 14.3. The van der Waals surface area contributed by atoms with Gasteiger partial charge in [0.05, 0.1) is 5.41 Å². The van der Waals surface area contributed by atoms with Crippen molar-refractivity contribution in [2.75, 3.05) is 19.0 Å².